The lowest BCUT2D eigenvalue weighted by Gasteiger charge is -2.37. The summed E-state index contributed by atoms with van der Waals surface area (Å²) in [6.45, 7) is 2.96. The first kappa shape index (κ1) is 15.8. The van der Waals surface area contributed by atoms with Crippen LogP contribution in [-0.2, 0) is 9.53 Å². The second-order valence-electron chi connectivity index (χ2n) is 6.47. The third-order valence-corrected chi connectivity index (χ3v) is 4.86. The molecule has 0 heterocycles. The van der Waals surface area contributed by atoms with E-state index in [9.17, 15) is 9.90 Å². The number of esters is 1. The third kappa shape index (κ3) is 4.45. The van der Waals surface area contributed by atoms with Crippen molar-refractivity contribution in [2.45, 2.75) is 76.4 Å². The maximum atomic E-state index is 11.7. The number of carbonyl (C=O) groups is 1. The Morgan fingerprint density at radius 1 is 1.20 bits per heavy atom. The molecular formula is C16H29NO3. The van der Waals surface area contributed by atoms with E-state index in [1.807, 2.05) is 6.92 Å². The summed E-state index contributed by atoms with van der Waals surface area (Å²) in [6.07, 6.45) is 9.35. The van der Waals surface area contributed by atoms with Gasteiger partial charge >= 0.3 is 5.97 Å². The van der Waals surface area contributed by atoms with Crippen LogP contribution in [0, 0.1) is 5.92 Å². The first-order valence-electron chi connectivity index (χ1n) is 8.25. The molecule has 4 nitrogen and oxygen atoms in total. The van der Waals surface area contributed by atoms with E-state index in [0.29, 0.717) is 32.0 Å². The smallest absolute Gasteiger partial charge is 0.308 e. The molecule has 0 atom stereocenters. The van der Waals surface area contributed by atoms with Crippen molar-refractivity contribution in [2.75, 3.05) is 13.2 Å². The largest absolute Gasteiger partial charge is 0.466 e. The van der Waals surface area contributed by atoms with Gasteiger partial charge in [-0.3, -0.25) is 4.79 Å². The van der Waals surface area contributed by atoms with Gasteiger partial charge in [0.1, 0.15) is 0 Å². The Hall–Kier alpha value is -0.610. The molecule has 2 aliphatic rings. The molecule has 0 amide bonds. The Morgan fingerprint density at radius 2 is 1.85 bits per heavy atom. The van der Waals surface area contributed by atoms with Crippen molar-refractivity contribution in [1.82, 2.24) is 5.32 Å². The highest BCUT2D eigenvalue weighted by Gasteiger charge is 2.36. The molecule has 2 saturated carbocycles. The maximum Gasteiger partial charge on any atom is 0.308 e. The highest BCUT2D eigenvalue weighted by molar-refractivity contribution is 5.72. The van der Waals surface area contributed by atoms with Gasteiger partial charge in [0.25, 0.3) is 0 Å². The molecule has 2 rings (SSSR count). The van der Waals surface area contributed by atoms with Gasteiger partial charge in [-0.1, -0.05) is 19.3 Å². The minimum absolute atomic E-state index is 0.00935. The third-order valence-electron chi connectivity index (χ3n) is 4.86. The van der Waals surface area contributed by atoms with Crippen LogP contribution in [0.5, 0.6) is 0 Å². The van der Waals surface area contributed by atoms with Crippen molar-refractivity contribution < 1.29 is 14.6 Å². The second kappa shape index (κ2) is 7.41. The zero-order valence-corrected chi connectivity index (χ0v) is 12.7. The van der Waals surface area contributed by atoms with Gasteiger partial charge in [0.05, 0.1) is 18.1 Å². The number of ether oxygens (including phenoxy) is 1. The molecule has 2 aliphatic carbocycles. The topological polar surface area (TPSA) is 58.6 Å². The van der Waals surface area contributed by atoms with Gasteiger partial charge in [-0.15, -0.1) is 0 Å². The zero-order valence-electron chi connectivity index (χ0n) is 12.7. The standard InChI is InChI=1S/C16H29NO3/c1-2-20-15(18)13-8-10-16(19,11-9-13)12-17-14-6-4-3-5-7-14/h13-14,17,19H,2-12H2,1H3. The number of nitrogens with one attached hydrogen (secondary N) is 1. The average Bonchev–Trinajstić information content (AvgIpc) is 2.47. The van der Waals surface area contributed by atoms with Crippen LogP contribution >= 0.6 is 0 Å². The van der Waals surface area contributed by atoms with Crippen LogP contribution < -0.4 is 5.32 Å². The molecule has 2 N–H and O–H groups in total. The van der Waals surface area contributed by atoms with Gasteiger partial charge in [0, 0.05) is 12.6 Å². The first-order valence-corrected chi connectivity index (χ1v) is 8.25. The molecule has 0 bridgehead atoms. The quantitative estimate of drug-likeness (QED) is 0.761. The van der Waals surface area contributed by atoms with E-state index in [4.69, 9.17) is 4.74 Å². The molecule has 0 unspecified atom stereocenters. The van der Waals surface area contributed by atoms with E-state index in [1.165, 1.54) is 32.1 Å². The molecule has 2 fully saturated rings. The summed E-state index contributed by atoms with van der Waals surface area (Å²) in [7, 11) is 0. The Morgan fingerprint density at radius 3 is 2.45 bits per heavy atom. The first-order chi connectivity index (χ1) is 9.63. The minimum atomic E-state index is -0.625. The van der Waals surface area contributed by atoms with Crippen molar-refractivity contribution in [1.29, 1.82) is 0 Å². The molecule has 4 heteroatoms. The molecule has 0 aromatic rings. The summed E-state index contributed by atoms with van der Waals surface area (Å²) in [5.74, 6) is -0.0975. The number of rotatable bonds is 5. The minimum Gasteiger partial charge on any atom is -0.466 e. The van der Waals surface area contributed by atoms with Gasteiger partial charge < -0.3 is 15.2 Å². The summed E-state index contributed by atoms with van der Waals surface area (Å²) in [5.41, 5.74) is -0.625. The van der Waals surface area contributed by atoms with E-state index in [1.54, 1.807) is 0 Å². The van der Waals surface area contributed by atoms with Crippen molar-refractivity contribution in [3.8, 4) is 0 Å². The Kier molecular flexibility index (Phi) is 5.85. The molecule has 0 aromatic carbocycles. The highest BCUT2D eigenvalue weighted by Crippen LogP contribution is 2.32. The summed E-state index contributed by atoms with van der Waals surface area (Å²) in [5, 5.41) is 14.2. The van der Waals surface area contributed by atoms with Gasteiger partial charge in [-0.25, -0.2) is 0 Å². The lowest BCUT2D eigenvalue weighted by atomic mass is 9.78. The monoisotopic (exact) mass is 283 g/mol. The molecule has 0 spiro atoms. The fourth-order valence-corrected chi connectivity index (χ4v) is 3.47. The van der Waals surface area contributed by atoms with Crippen LogP contribution in [0.1, 0.15) is 64.7 Å². The van der Waals surface area contributed by atoms with E-state index >= 15 is 0 Å². The maximum absolute atomic E-state index is 11.7. The predicted molar refractivity (Wildman–Crippen MR) is 78.4 cm³/mol. The summed E-state index contributed by atoms with van der Waals surface area (Å²) in [4.78, 5) is 11.7. The van der Waals surface area contributed by atoms with Crippen molar-refractivity contribution in [3.63, 3.8) is 0 Å². The lowest BCUT2D eigenvalue weighted by Crippen LogP contribution is -2.47. The summed E-state index contributed by atoms with van der Waals surface area (Å²) in [6, 6.07) is 0.579. The lowest BCUT2D eigenvalue weighted by molar-refractivity contribution is -0.151. The molecule has 116 valence electrons. The van der Waals surface area contributed by atoms with Gasteiger partial charge in [0.15, 0.2) is 0 Å². The van der Waals surface area contributed by atoms with Crippen LogP contribution in [-0.4, -0.2) is 35.9 Å². The zero-order chi connectivity index (χ0) is 14.4. The van der Waals surface area contributed by atoms with Crippen LogP contribution in [0.3, 0.4) is 0 Å². The SMILES string of the molecule is CCOC(=O)C1CCC(O)(CNC2CCCCC2)CC1. The number of hydrogen-bond donors (Lipinski definition) is 2. The predicted octanol–water partition coefficient (Wildman–Crippen LogP) is 2.39. The Labute approximate surface area is 122 Å². The highest BCUT2D eigenvalue weighted by atomic mass is 16.5. The summed E-state index contributed by atoms with van der Waals surface area (Å²) < 4.78 is 5.07. The number of hydrogen-bond acceptors (Lipinski definition) is 4. The fraction of sp³-hybridized carbons (Fsp3) is 0.938. The molecule has 20 heavy (non-hydrogen) atoms. The molecule has 0 saturated heterocycles. The number of carbonyl (C=O) groups excluding carboxylic acids is 1. The van der Waals surface area contributed by atoms with Crippen LogP contribution in [0.15, 0.2) is 0 Å². The molecule has 0 aromatic heterocycles. The van der Waals surface area contributed by atoms with Crippen molar-refractivity contribution >= 4 is 5.97 Å². The number of aliphatic hydroxyl groups is 1. The molecular weight excluding hydrogens is 254 g/mol. The van der Waals surface area contributed by atoms with Crippen LogP contribution in [0.4, 0.5) is 0 Å². The van der Waals surface area contributed by atoms with Crippen LogP contribution in [0.25, 0.3) is 0 Å². The van der Waals surface area contributed by atoms with Gasteiger partial charge in [-0.2, -0.15) is 0 Å². The van der Waals surface area contributed by atoms with E-state index in [-0.39, 0.29) is 11.9 Å². The van der Waals surface area contributed by atoms with E-state index in [0.717, 1.165) is 12.8 Å². The van der Waals surface area contributed by atoms with Crippen molar-refractivity contribution in [2.24, 2.45) is 5.92 Å². The molecule has 0 radical (unpaired) electrons. The Bertz CT molecular complexity index is 305. The van der Waals surface area contributed by atoms with Gasteiger partial charge in [-0.05, 0) is 45.4 Å². The normalized spacial score (nSPS) is 32.0. The summed E-state index contributed by atoms with van der Waals surface area (Å²) >= 11 is 0. The van der Waals surface area contributed by atoms with E-state index in [2.05, 4.69) is 5.32 Å². The average molecular weight is 283 g/mol. The van der Waals surface area contributed by atoms with Crippen molar-refractivity contribution in [3.05, 3.63) is 0 Å². The second-order valence-corrected chi connectivity index (χ2v) is 6.47. The Balaban J connectivity index is 1.71. The van der Waals surface area contributed by atoms with E-state index < -0.39 is 5.60 Å². The van der Waals surface area contributed by atoms with Gasteiger partial charge in [0.2, 0.25) is 0 Å². The molecule has 0 aliphatic heterocycles. The van der Waals surface area contributed by atoms with Crippen LogP contribution in [0.2, 0.25) is 0 Å². The fourth-order valence-electron chi connectivity index (χ4n) is 3.47.